The lowest BCUT2D eigenvalue weighted by atomic mass is 10.2. The average molecular weight is 281 g/mol. The second kappa shape index (κ2) is 6.91. The van der Waals surface area contributed by atoms with Crippen LogP contribution in [0.25, 0.3) is 0 Å². The Morgan fingerprint density at radius 2 is 2.00 bits per heavy atom. The third-order valence-electron chi connectivity index (χ3n) is 2.84. The van der Waals surface area contributed by atoms with Crippen molar-refractivity contribution in [2.75, 3.05) is 13.1 Å². The highest BCUT2D eigenvalue weighted by atomic mass is 16.5. The minimum absolute atomic E-state index is 0.0101. The highest BCUT2D eigenvalue weighted by molar-refractivity contribution is 5.99. The predicted octanol–water partition coefficient (Wildman–Crippen LogP) is 0.0924. The fraction of sp³-hybridized carbons (Fsp3) is 0.615. The van der Waals surface area contributed by atoms with Gasteiger partial charge in [0.05, 0.1) is 12.2 Å². The highest BCUT2D eigenvalue weighted by Gasteiger charge is 2.22. The molecule has 0 radical (unpaired) electrons. The number of amides is 1. The monoisotopic (exact) mass is 281 g/mol. The zero-order valence-corrected chi connectivity index (χ0v) is 11.8. The number of hydrogen-bond acceptors (Lipinski definition) is 5. The molecule has 7 nitrogen and oxygen atoms in total. The fourth-order valence-corrected chi connectivity index (χ4v) is 1.98. The van der Waals surface area contributed by atoms with Gasteiger partial charge in [0.2, 0.25) is 0 Å². The molecule has 1 aliphatic rings. The zero-order valence-electron chi connectivity index (χ0n) is 11.8. The molecule has 20 heavy (non-hydrogen) atoms. The molecule has 0 aromatic heterocycles. The van der Waals surface area contributed by atoms with Crippen LogP contribution in [0.5, 0.6) is 0 Å². The average Bonchev–Trinajstić information content (AvgIpc) is 2.34. The summed E-state index contributed by atoms with van der Waals surface area (Å²) in [6.45, 7) is 6.33. The van der Waals surface area contributed by atoms with Gasteiger partial charge in [-0.1, -0.05) is 0 Å². The van der Waals surface area contributed by atoms with Crippen molar-refractivity contribution < 1.29 is 19.4 Å². The van der Waals surface area contributed by atoms with E-state index in [4.69, 9.17) is 15.1 Å². The van der Waals surface area contributed by atoms with Gasteiger partial charge in [-0.2, -0.15) is 5.26 Å². The van der Waals surface area contributed by atoms with Gasteiger partial charge in [0.1, 0.15) is 17.7 Å². The van der Waals surface area contributed by atoms with E-state index in [0.29, 0.717) is 13.1 Å². The molecular formula is C13H19N3O4. The summed E-state index contributed by atoms with van der Waals surface area (Å²) in [6.07, 6.45) is 1.48. The summed E-state index contributed by atoms with van der Waals surface area (Å²) in [5, 5.41) is 20.0. The van der Waals surface area contributed by atoms with Crippen molar-refractivity contribution in [3.8, 4) is 6.07 Å². The molecule has 0 aromatic carbocycles. The van der Waals surface area contributed by atoms with Gasteiger partial charge in [0, 0.05) is 19.3 Å². The smallest absolute Gasteiger partial charge is 0.325 e. The number of hydrogen-bond donors (Lipinski definition) is 2. The largest absolute Gasteiger partial charge is 0.480 e. The maximum atomic E-state index is 11.8. The molecule has 0 aliphatic carbocycles. The fourth-order valence-electron chi connectivity index (χ4n) is 1.98. The molecular weight excluding hydrogens is 262 g/mol. The Hall–Kier alpha value is -2.07. The number of ether oxygens (including phenoxy) is 1. The minimum Gasteiger partial charge on any atom is -0.480 e. The lowest BCUT2D eigenvalue weighted by molar-refractivity contribution is -0.140. The van der Waals surface area contributed by atoms with Crippen molar-refractivity contribution >= 4 is 11.9 Å². The van der Waals surface area contributed by atoms with Gasteiger partial charge in [0.25, 0.3) is 5.91 Å². The van der Waals surface area contributed by atoms with Crippen LogP contribution in [0.4, 0.5) is 0 Å². The molecule has 3 atom stereocenters. The molecule has 0 spiro atoms. The summed E-state index contributed by atoms with van der Waals surface area (Å²) in [5.41, 5.74) is -0.112. The Balaban J connectivity index is 2.74. The molecule has 1 saturated heterocycles. The van der Waals surface area contributed by atoms with E-state index in [1.807, 2.05) is 18.7 Å². The van der Waals surface area contributed by atoms with Crippen LogP contribution in [-0.4, -0.2) is 53.2 Å². The van der Waals surface area contributed by atoms with Crippen molar-refractivity contribution in [3.63, 3.8) is 0 Å². The number of nitriles is 1. The van der Waals surface area contributed by atoms with E-state index in [1.165, 1.54) is 13.1 Å². The van der Waals surface area contributed by atoms with E-state index in [-0.39, 0.29) is 17.8 Å². The quantitative estimate of drug-likeness (QED) is 0.559. The van der Waals surface area contributed by atoms with Gasteiger partial charge in [-0.25, -0.2) is 0 Å². The summed E-state index contributed by atoms with van der Waals surface area (Å²) in [7, 11) is 0. The van der Waals surface area contributed by atoms with Crippen LogP contribution in [0.3, 0.4) is 0 Å². The van der Waals surface area contributed by atoms with Crippen LogP contribution in [0.1, 0.15) is 20.8 Å². The molecule has 0 bridgehead atoms. The van der Waals surface area contributed by atoms with Crippen LogP contribution < -0.4 is 5.32 Å². The molecule has 1 aliphatic heterocycles. The molecule has 1 heterocycles. The van der Waals surface area contributed by atoms with E-state index in [0.717, 1.165) is 0 Å². The Bertz CT molecular complexity index is 445. The Morgan fingerprint density at radius 1 is 1.45 bits per heavy atom. The van der Waals surface area contributed by atoms with E-state index in [9.17, 15) is 9.59 Å². The van der Waals surface area contributed by atoms with E-state index >= 15 is 0 Å². The first-order valence-corrected chi connectivity index (χ1v) is 6.38. The van der Waals surface area contributed by atoms with Crippen LogP contribution >= 0.6 is 0 Å². The molecule has 2 N–H and O–H groups in total. The maximum Gasteiger partial charge on any atom is 0.325 e. The molecule has 3 unspecified atom stereocenters. The zero-order chi connectivity index (χ0) is 15.3. The Morgan fingerprint density at radius 3 is 2.45 bits per heavy atom. The summed E-state index contributed by atoms with van der Waals surface area (Å²) in [6, 6.07) is 0.757. The Labute approximate surface area is 117 Å². The van der Waals surface area contributed by atoms with Gasteiger partial charge >= 0.3 is 5.97 Å². The summed E-state index contributed by atoms with van der Waals surface area (Å²) >= 11 is 0. The standard InChI is InChI=1S/C13H19N3O4/c1-8-5-16(6-9(2)20-8)7-11(4-14)12(17)15-10(3)13(18)19/h7-10H,5-6H2,1-3H3,(H,15,17)(H,18,19)/b11-7-. The SMILES string of the molecule is CC1CN(/C=C(/C#N)C(=O)NC(C)C(=O)O)CC(C)O1. The second-order valence-electron chi connectivity index (χ2n) is 4.90. The van der Waals surface area contributed by atoms with E-state index in [1.54, 1.807) is 6.07 Å². The number of carbonyl (C=O) groups is 2. The molecule has 110 valence electrons. The molecule has 1 rings (SSSR count). The van der Waals surface area contributed by atoms with Gasteiger partial charge in [-0.05, 0) is 20.8 Å². The molecule has 0 aromatic rings. The number of carboxylic acids is 1. The molecule has 1 fully saturated rings. The molecule has 1 amide bonds. The first kappa shape index (κ1) is 16.0. The minimum atomic E-state index is -1.15. The predicted molar refractivity (Wildman–Crippen MR) is 70.5 cm³/mol. The van der Waals surface area contributed by atoms with Crippen LogP contribution in [-0.2, 0) is 14.3 Å². The number of nitrogens with one attached hydrogen (secondary N) is 1. The van der Waals surface area contributed by atoms with Crippen molar-refractivity contribution in [1.29, 1.82) is 5.26 Å². The summed E-state index contributed by atoms with van der Waals surface area (Å²) in [5.74, 6) is -1.83. The van der Waals surface area contributed by atoms with E-state index in [2.05, 4.69) is 5.32 Å². The van der Waals surface area contributed by atoms with Crippen LogP contribution in [0.15, 0.2) is 11.8 Å². The normalized spacial score (nSPS) is 24.7. The lowest BCUT2D eigenvalue weighted by Crippen LogP contribution is -2.43. The number of rotatable bonds is 4. The summed E-state index contributed by atoms with van der Waals surface area (Å²) in [4.78, 5) is 24.3. The van der Waals surface area contributed by atoms with Crippen molar-refractivity contribution in [2.24, 2.45) is 0 Å². The highest BCUT2D eigenvalue weighted by Crippen LogP contribution is 2.12. The van der Waals surface area contributed by atoms with Gasteiger partial charge < -0.3 is 20.1 Å². The van der Waals surface area contributed by atoms with Crippen LogP contribution in [0, 0.1) is 11.3 Å². The summed E-state index contributed by atoms with van der Waals surface area (Å²) < 4.78 is 5.56. The van der Waals surface area contributed by atoms with Crippen molar-refractivity contribution in [3.05, 3.63) is 11.8 Å². The van der Waals surface area contributed by atoms with Crippen molar-refractivity contribution in [1.82, 2.24) is 10.2 Å². The van der Waals surface area contributed by atoms with Gasteiger partial charge in [0.15, 0.2) is 0 Å². The molecule has 7 heteroatoms. The topological polar surface area (TPSA) is 103 Å². The number of nitrogens with zero attached hydrogens (tertiary/aromatic N) is 2. The van der Waals surface area contributed by atoms with Crippen LogP contribution in [0.2, 0.25) is 0 Å². The first-order valence-electron chi connectivity index (χ1n) is 6.38. The van der Waals surface area contributed by atoms with E-state index < -0.39 is 17.9 Å². The maximum absolute atomic E-state index is 11.8. The second-order valence-corrected chi connectivity index (χ2v) is 4.90. The molecule has 0 saturated carbocycles. The number of aliphatic carboxylic acids is 1. The van der Waals surface area contributed by atoms with Crippen molar-refractivity contribution in [2.45, 2.75) is 39.0 Å². The third kappa shape index (κ3) is 4.55. The van der Waals surface area contributed by atoms with Gasteiger partial charge in [-0.15, -0.1) is 0 Å². The number of carbonyl (C=O) groups excluding carboxylic acids is 1. The number of morpholine rings is 1. The lowest BCUT2D eigenvalue weighted by Gasteiger charge is -2.34. The number of carboxylic acid groups (broad SMARTS) is 1. The third-order valence-corrected chi connectivity index (χ3v) is 2.84. The Kier molecular flexibility index (Phi) is 5.53. The van der Waals surface area contributed by atoms with Gasteiger partial charge in [-0.3, -0.25) is 9.59 Å². The first-order chi connectivity index (χ1) is 9.33.